The first kappa shape index (κ1) is 21.6. The molecule has 1 aliphatic heterocycles. The number of carbonyl (C=O) groups excluding carboxylic acids is 1. The Morgan fingerprint density at radius 1 is 1.12 bits per heavy atom. The van der Waals surface area contributed by atoms with Crippen molar-refractivity contribution in [3.63, 3.8) is 0 Å². The molecule has 1 amide bonds. The van der Waals surface area contributed by atoms with Crippen LogP contribution in [-0.2, 0) is 10.0 Å². The van der Waals surface area contributed by atoms with E-state index >= 15 is 0 Å². The highest BCUT2D eigenvalue weighted by Gasteiger charge is 2.32. The van der Waals surface area contributed by atoms with Crippen LogP contribution >= 0.6 is 11.3 Å². The number of methoxy groups -OCH3 is 1. The van der Waals surface area contributed by atoms with Crippen molar-refractivity contribution >= 4 is 38.3 Å². The number of hydrogen-bond donors (Lipinski definition) is 1. The molecule has 1 saturated heterocycles. The summed E-state index contributed by atoms with van der Waals surface area (Å²) in [6.45, 7) is 1.01. The number of hydrogen-bond acceptors (Lipinski definition) is 7. The van der Waals surface area contributed by atoms with Gasteiger partial charge < -0.3 is 14.6 Å². The fourth-order valence-corrected chi connectivity index (χ4v) is 6.29. The van der Waals surface area contributed by atoms with E-state index in [9.17, 15) is 13.2 Å². The SMILES string of the molecule is COc1ccccc1-c1nc(C(=O)N2CCN(S(=O)(=O)c3c[nH]c4ncccc34)CC2)cs1. The van der Waals surface area contributed by atoms with Crippen LogP contribution in [0, 0.1) is 0 Å². The lowest BCUT2D eigenvalue weighted by Crippen LogP contribution is -2.50. The second-order valence-corrected chi connectivity index (χ2v) is 10.3. The predicted molar refractivity (Wildman–Crippen MR) is 125 cm³/mol. The van der Waals surface area contributed by atoms with E-state index in [-0.39, 0.29) is 23.9 Å². The molecule has 33 heavy (non-hydrogen) atoms. The Morgan fingerprint density at radius 2 is 1.91 bits per heavy atom. The molecule has 0 spiro atoms. The van der Waals surface area contributed by atoms with E-state index in [0.29, 0.717) is 40.6 Å². The van der Waals surface area contributed by atoms with Crippen LogP contribution in [0.1, 0.15) is 10.5 Å². The van der Waals surface area contributed by atoms with Gasteiger partial charge in [-0.15, -0.1) is 11.3 Å². The quantitative estimate of drug-likeness (QED) is 0.468. The maximum Gasteiger partial charge on any atom is 0.273 e. The predicted octanol–water partition coefficient (Wildman–Crippen LogP) is 2.84. The number of amides is 1. The number of rotatable bonds is 5. The summed E-state index contributed by atoms with van der Waals surface area (Å²) in [5.41, 5.74) is 1.70. The topological polar surface area (TPSA) is 108 Å². The number of aromatic nitrogens is 3. The van der Waals surface area contributed by atoms with Crippen molar-refractivity contribution in [3.05, 3.63) is 59.9 Å². The minimum Gasteiger partial charge on any atom is -0.496 e. The zero-order valence-corrected chi connectivity index (χ0v) is 19.4. The molecule has 170 valence electrons. The molecule has 0 radical (unpaired) electrons. The summed E-state index contributed by atoms with van der Waals surface area (Å²) in [5, 5.41) is 2.99. The maximum absolute atomic E-state index is 13.2. The molecular formula is C22H21N5O4S2. The molecular weight excluding hydrogens is 462 g/mol. The first-order valence-electron chi connectivity index (χ1n) is 10.3. The van der Waals surface area contributed by atoms with E-state index < -0.39 is 10.0 Å². The van der Waals surface area contributed by atoms with Gasteiger partial charge in [-0.05, 0) is 24.3 Å². The lowest BCUT2D eigenvalue weighted by atomic mass is 10.2. The number of H-pyrrole nitrogens is 1. The molecule has 1 N–H and O–H groups in total. The Bertz CT molecular complexity index is 1420. The van der Waals surface area contributed by atoms with Crippen LogP contribution in [0.4, 0.5) is 0 Å². The molecule has 0 unspecified atom stereocenters. The molecule has 1 aliphatic rings. The van der Waals surface area contributed by atoms with Crippen LogP contribution in [-0.4, -0.2) is 71.8 Å². The smallest absolute Gasteiger partial charge is 0.273 e. The number of pyridine rings is 1. The second-order valence-electron chi connectivity index (χ2n) is 7.49. The molecule has 0 saturated carbocycles. The Labute approximate surface area is 194 Å². The third-order valence-electron chi connectivity index (χ3n) is 5.62. The van der Waals surface area contributed by atoms with Gasteiger partial charge in [-0.3, -0.25) is 4.79 Å². The van der Waals surface area contributed by atoms with Crippen molar-refractivity contribution in [2.45, 2.75) is 4.90 Å². The van der Waals surface area contributed by atoms with Crippen LogP contribution in [0.15, 0.2) is 59.1 Å². The van der Waals surface area contributed by atoms with Gasteiger partial charge in [0.15, 0.2) is 0 Å². The lowest BCUT2D eigenvalue weighted by Gasteiger charge is -2.33. The Kier molecular flexibility index (Phi) is 5.60. The monoisotopic (exact) mass is 483 g/mol. The summed E-state index contributed by atoms with van der Waals surface area (Å²) < 4.78 is 33.2. The van der Waals surface area contributed by atoms with Gasteiger partial charge in [0.25, 0.3) is 5.91 Å². The lowest BCUT2D eigenvalue weighted by molar-refractivity contribution is 0.0693. The highest BCUT2D eigenvalue weighted by atomic mass is 32.2. The van der Waals surface area contributed by atoms with Gasteiger partial charge in [-0.1, -0.05) is 12.1 Å². The molecule has 1 fully saturated rings. The van der Waals surface area contributed by atoms with Gasteiger partial charge >= 0.3 is 0 Å². The summed E-state index contributed by atoms with van der Waals surface area (Å²) in [6.07, 6.45) is 3.08. The summed E-state index contributed by atoms with van der Waals surface area (Å²) in [6, 6.07) is 11.0. The zero-order chi connectivity index (χ0) is 23.0. The highest BCUT2D eigenvalue weighted by Crippen LogP contribution is 2.32. The minimum absolute atomic E-state index is 0.200. The number of sulfonamides is 1. The third kappa shape index (κ3) is 3.88. The van der Waals surface area contributed by atoms with Crippen molar-refractivity contribution in [1.29, 1.82) is 0 Å². The van der Waals surface area contributed by atoms with Gasteiger partial charge in [0.2, 0.25) is 10.0 Å². The number of thiazole rings is 1. The van der Waals surface area contributed by atoms with E-state index in [1.165, 1.54) is 21.8 Å². The first-order valence-corrected chi connectivity index (χ1v) is 12.6. The van der Waals surface area contributed by atoms with E-state index in [1.807, 2.05) is 24.3 Å². The van der Waals surface area contributed by atoms with Crippen molar-refractivity contribution in [1.82, 2.24) is 24.2 Å². The Morgan fingerprint density at radius 3 is 2.70 bits per heavy atom. The maximum atomic E-state index is 13.2. The summed E-state index contributed by atoms with van der Waals surface area (Å²) in [5.74, 6) is 0.484. The van der Waals surface area contributed by atoms with Gasteiger partial charge in [-0.2, -0.15) is 4.31 Å². The number of nitrogens with one attached hydrogen (secondary N) is 1. The number of fused-ring (bicyclic) bond motifs is 1. The van der Waals surface area contributed by atoms with Crippen molar-refractivity contribution in [2.75, 3.05) is 33.3 Å². The Hall–Kier alpha value is -3.28. The number of aromatic amines is 1. The Balaban J connectivity index is 1.30. The molecule has 0 aliphatic carbocycles. The average Bonchev–Trinajstić information content (AvgIpc) is 3.52. The second kappa shape index (κ2) is 8.58. The van der Waals surface area contributed by atoms with Crippen LogP contribution in [0.25, 0.3) is 21.6 Å². The van der Waals surface area contributed by atoms with Crippen molar-refractivity contribution < 1.29 is 17.9 Å². The molecule has 3 aromatic heterocycles. The van der Waals surface area contributed by atoms with Crippen molar-refractivity contribution in [2.24, 2.45) is 0 Å². The zero-order valence-electron chi connectivity index (χ0n) is 17.8. The fraction of sp³-hybridized carbons (Fsp3) is 0.227. The summed E-state index contributed by atoms with van der Waals surface area (Å²) in [7, 11) is -2.11. The molecule has 5 rings (SSSR count). The van der Waals surface area contributed by atoms with Crippen LogP contribution in [0.3, 0.4) is 0 Å². The normalized spacial score (nSPS) is 15.1. The first-order chi connectivity index (χ1) is 16.0. The third-order valence-corrected chi connectivity index (χ3v) is 8.43. The van der Waals surface area contributed by atoms with Gasteiger partial charge in [0.05, 0.1) is 12.7 Å². The fourth-order valence-electron chi connectivity index (χ4n) is 3.89. The van der Waals surface area contributed by atoms with E-state index in [0.717, 1.165) is 5.56 Å². The number of piperazine rings is 1. The molecule has 9 nitrogen and oxygen atoms in total. The van der Waals surface area contributed by atoms with E-state index in [1.54, 1.807) is 35.7 Å². The summed E-state index contributed by atoms with van der Waals surface area (Å²) >= 11 is 1.37. The molecule has 0 atom stereocenters. The molecule has 11 heteroatoms. The molecule has 1 aromatic carbocycles. The number of carbonyl (C=O) groups is 1. The number of benzene rings is 1. The number of nitrogens with zero attached hydrogens (tertiary/aromatic N) is 4. The number of para-hydroxylation sites is 1. The van der Waals surface area contributed by atoms with Gasteiger partial charge in [-0.25, -0.2) is 18.4 Å². The largest absolute Gasteiger partial charge is 0.496 e. The minimum atomic E-state index is -3.70. The van der Waals surface area contributed by atoms with Crippen LogP contribution in [0.2, 0.25) is 0 Å². The van der Waals surface area contributed by atoms with Crippen LogP contribution in [0.5, 0.6) is 5.75 Å². The van der Waals surface area contributed by atoms with Gasteiger partial charge in [0, 0.05) is 49.3 Å². The van der Waals surface area contributed by atoms with E-state index in [4.69, 9.17) is 4.74 Å². The van der Waals surface area contributed by atoms with Gasteiger partial charge in [0.1, 0.15) is 27.0 Å². The summed E-state index contributed by atoms with van der Waals surface area (Å²) in [4.78, 5) is 26.4. The molecule has 0 bridgehead atoms. The van der Waals surface area contributed by atoms with E-state index in [2.05, 4.69) is 15.0 Å². The standard InChI is InChI=1S/C22H21N5O4S2/c1-31-18-7-3-2-5-15(18)21-25-17(14-32-21)22(28)26-9-11-27(12-10-26)33(29,30)19-13-24-20-16(19)6-4-8-23-20/h2-8,13-14H,9-12H2,1H3,(H,23,24). The molecule has 4 aromatic rings. The average molecular weight is 484 g/mol. The molecule has 4 heterocycles. The number of ether oxygens (including phenoxy) is 1. The van der Waals surface area contributed by atoms with Crippen LogP contribution < -0.4 is 4.74 Å². The highest BCUT2D eigenvalue weighted by molar-refractivity contribution is 7.89. The van der Waals surface area contributed by atoms with Crippen molar-refractivity contribution in [3.8, 4) is 16.3 Å².